The van der Waals surface area contributed by atoms with Gasteiger partial charge in [-0.05, 0) is 29.7 Å². The summed E-state index contributed by atoms with van der Waals surface area (Å²) in [4.78, 5) is 41.2. The molecule has 2 aromatic carbocycles. The second-order valence-corrected chi connectivity index (χ2v) is 7.89. The number of nitrogen functional groups attached to an aromatic ring is 1. The quantitative estimate of drug-likeness (QED) is 0.454. The minimum atomic E-state index is -0.760. The summed E-state index contributed by atoms with van der Waals surface area (Å²) < 4.78 is 12.0. The van der Waals surface area contributed by atoms with Crippen LogP contribution in [-0.2, 0) is 16.1 Å². The standard InChI is InChI=1S/C24H27ClN4O5/c1-3-11-29-22(26)21(23(31)27-24(29)32)28(12-13-33-2)20(30)15-34-19-10-9-17(14-18(19)25)16-7-5-4-6-8-16/h4-10,14H,3,11-13,15,26H2,1-2H3,(H,27,31,32). The zero-order chi connectivity index (χ0) is 24.7. The number of carbonyl (C=O) groups excluding carboxylic acids is 1. The second kappa shape index (κ2) is 11.5. The van der Waals surface area contributed by atoms with E-state index in [0.29, 0.717) is 23.7 Å². The number of ether oxygens (including phenoxy) is 2. The third-order valence-electron chi connectivity index (χ3n) is 5.14. The van der Waals surface area contributed by atoms with Crippen LogP contribution < -0.4 is 26.6 Å². The van der Waals surface area contributed by atoms with E-state index in [4.69, 9.17) is 26.8 Å². The van der Waals surface area contributed by atoms with Crippen LogP contribution in [0.1, 0.15) is 13.3 Å². The molecule has 0 bridgehead atoms. The average molecular weight is 487 g/mol. The van der Waals surface area contributed by atoms with Crippen LogP contribution in [0.2, 0.25) is 5.02 Å². The van der Waals surface area contributed by atoms with Crippen molar-refractivity contribution in [2.45, 2.75) is 19.9 Å². The normalized spacial score (nSPS) is 10.8. The lowest BCUT2D eigenvalue weighted by molar-refractivity contribution is -0.120. The molecule has 10 heteroatoms. The number of methoxy groups -OCH3 is 1. The van der Waals surface area contributed by atoms with E-state index in [2.05, 4.69) is 4.98 Å². The molecule has 180 valence electrons. The maximum absolute atomic E-state index is 13.1. The van der Waals surface area contributed by atoms with Crippen molar-refractivity contribution in [1.82, 2.24) is 9.55 Å². The Morgan fingerprint density at radius 2 is 1.88 bits per heavy atom. The minimum absolute atomic E-state index is 0.0387. The Bertz CT molecular complexity index is 1260. The molecule has 1 aromatic heterocycles. The number of halogens is 1. The number of nitrogens with zero attached hydrogens (tertiary/aromatic N) is 2. The number of amides is 1. The molecule has 0 radical (unpaired) electrons. The van der Waals surface area contributed by atoms with Crippen molar-refractivity contribution in [3.63, 3.8) is 0 Å². The van der Waals surface area contributed by atoms with Crippen molar-refractivity contribution in [1.29, 1.82) is 0 Å². The van der Waals surface area contributed by atoms with Gasteiger partial charge in [0.15, 0.2) is 12.3 Å². The molecule has 0 aliphatic heterocycles. The summed E-state index contributed by atoms with van der Waals surface area (Å²) in [5, 5.41) is 0.339. The number of benzene rings is 2. The van der Waals surface area contributed by atoms with Gasteiger partial charge in [-0.2, -0.15) is 0 Å². The molecule has 0 aliphatic rings. The van der Waals surface area contributed by atoms with Crippen molar-refractivity contribution < 1.29 is 14.3 Å². The largest absolute Gasteiger partial charge is 0.482 e. The highest BCUT2D eigenvalue weighted by Crippen LogP contribution is 2.30. The first-order chi connectivity index (χ1) is 16.4. The minimum Gasteiger partial charge on any atom is -0.482 e. The second-order valence-electron chi connectivity index (χ2n) is 7.48. The fourth-order valence-corrected chi connectivity index (χ4v) is 3.71. The zero-order valence-corrected chi connectivity index (χ0v) is 19.8. The predicted molar refractivity (Wildman–Crippen MR) is 133 cm³/mol. The van der Waals surface area contributed by atoms with E-state index in [0.717, 1.165) is 16.0 Å². The third kappa shape index (κ3) is 5.67. The molecule has 0 fully saturated rings. The lowest BCUT2D eigenvalue weighted by Crippen LogP contribution is -2.44. The van der Waals surface area contributed by atoms with E-state index in [9.17, 15) is 14.4 Å². The van der Waals surface area contributed by atoms with Crippen LogP contribution in [0.25, 0.3) is 11.1 Å². The molecule has 0 spiro atoms. The molecule has 0 unspecified atom stereocenters. The fourth-order valence-electron chi connectivity index (χ4n) is 3.47. The monoisotopic (exact) mass is 486 g/mol. The van der Waals surface area contributed by atoms with Gasteiger partial charge in [0.2, 0.25) is 0 Å². The van der Waals surface area contributed by atoms with Crippen LogP contribution in [0.4, 0.5) is 11.5 Å². The summed E-state index contributed by atoms with van der Waals surface area (Å²) in [6.45, 7) is 1.94. The number of nitrogens with two attached hydrogens (primary N) is 1. The predicted octanol–water partition coefficient (Wildman–Crippen LogP) is 2.91. The van der Waals surface area contributed by atoms with E-state index in [1.807, 2.05) is 43.3 Å². The first-order valence-corrected chi connectivity index (χ1v) is 11.1. The molecular formula is C24H27ClN4O5. The lowest BCUT2D eigenvalue weighted by atomic mass is 10.1. The van der Waals surface area contributed by atoms with Gasteiger partial charge in [0.05, 0.1) is 11.6 Å². The smallest absolute Gasteiger partial charge is 0.330 e. The molecule has 3 N–H and O–H groups in total. The first kappa shape index (κ1) is 25.1. The van der Waals surface area contributed by atoms with Gasteiger partial charge in [-0.1, -0.05) is 54.9 Å². The van der Waals surface area contributed by atoms with Crippen molar-refractivity contribution in [2.75, 3.05) is 37.5 Å². The maximum Gasteiger partial charge on any atom is 0.330 e. The number of hydrogen-bond donors (Lipinski definition) is 2. The first-order valence-electron chi connectivity index (χ1n) is 10.8. The molecule has 3 aromatic rings. The van der Waals surface area contributed by atoms with Crippen molar-refractivity contribution in [3.05, 3.63) is 74.4 Å². The number of carbonyl (C=O) groups is 1. The number of aromatic nitrogens is 2. The molecule has 0 saturated heterocycles. The van der Waals surface area contributed by atoms with Gasteiger partial charge in [0, 0.05) is 20.2 Å². The van der Waals surface area contributed by atoms with Gasteiger partial charge < -0.3 is 15.2 Å². The molecule has 3 rings (SSSR count). The van der Waals surface area contributed by atoms with Crippen LogP contribution in [0.5, 0.6) is 5.75 Å². The summed E-state index contributed by atoms with van der Waals surface area (Å²) in [6.07, 6.45) is 0.613. The molecule has 0 saturated carbocycles. The Kier molecular flexibility index (Phi) is 8.50. The van der Waals surface area contributed by atoms with E-state index in [1.54, 1.807) is 12.1 Å². The van der Waals surface area contributed by atoms with Crippen molar-refractivity contribution in [3.8, 4) is 16.9 Å². The molecular weight excluding hydrogens is 460 g/mol. The van der Waals surface area contributed by atoms with Crippen molar-refractivity contribution >= 4 is 29.0 Å². The van der Waals surface area contributed by atoms with Crippen LogP contribution >= 0.6 is 11.6 Å². The molecule has 0 atom stereocenters. The highest BCUT2D eigenvalue weighted by molar-refractivity contribution is 6.32. The topological polar surface area (TPSA) is 120 Å². The van der Waals surface area contributed by atoms with Crippen LogP contribution in [0, 0.1) is 0 Å². The number of H-pyrrole nitrogens is 1. The molecule has 34 heavy (non-hydrogen) atoms. The van der Waals surface area contributed by atoms with Gasteiger partial charge in [0.25, 0.3) is 11.5 Å². The lowest BCUT2D eigenvalue weighted by Gasteiger charge is -2.24. The molecule has 1 amide bonds. The van der Waals surface area contributed by atoms with Gasteiger partial charge in [-0.25, -0.2) is 4.79 Å². The summed E-state index contributed by atoms with van der Waals surface area (Å²) >= 11 is 6.38. The van der Waals surface area contributed by atoms with E-state index in [1.165, 1.54) is 11.7 Å². The van der Waals surface area contributed by atoms with Gasteiger partial charge >= 0.3 is 5.69 Å². The number of aromatic amines is 1. The van der Waals surface area contributed by atoms with Gasteiger partial charge in [0.1, 0.15) is 11.6 Å². The summed E-state index contributed by atoms with van der Waals surface area (Å²) in [7, 11) is 1.47. The van der Waals surface area contributed by atoms with Gasteiger partial charge in [-0.3, -0.25) is 24.0 Å². The summed E-state index contributed by atoms with van der Waals surface area (Å²) in [5.41, 5.74) is 6.52. The summed E-state index contributed by atoms with van der Waals surface area (Å²) in [5.74, 6) is -0.316. The Morgan fingerprint density at radius 1 is 1.15 bits per heavy atom. The number of rotatable bonds is 10. The SMILES string of the molecule is CCCn1c(N)c(N(CCOC)C(=O)COc2ccc(-c3ccccc3)cc2Cl)c(=O)[nH]c1=O. The Balaban J connectivity index is 1.84. The van der Waals surface area contributed by atoms with Gasteiger partial charge in [-0.15, -0.1) is 0 Å². The van der Waals surface area contributed by atoms with E-state index >= 15 is 0 Å². The summed E-state index contributed by atoms with van der Waals surface area (Å²) in [6, 6.07) is 15.0. The number of nitrogens with one attached hydrogen (secondary N) is 1. The Hall–Kier alpha value is -3.56. The number of hydrogen-bond acceptors (Lipinski definition) is 6. The Labute approximate surface area is 201 Å². The van der Waals surface area contributed by atoms with E-state index < -0.39 is 23.8 Å². The van der Waals surface area contributed by atoms with Crippen LogP contribution in [0.3, 0.4) is 0 Å². The highest BCUT2D eigenvalue weighted by atomic mass is 35.5. The molecule has 9 nitrogen and oxygen atoms in total. The molecule has 0 aliphatic carbocycles. The third-order valence-corrected chi connectivity index (χ3v) is 5.44. The zero-order valence-electron chi connectivity index (χ0n) is 19.0. The van der Waals surface area contributed by atoms with E-state index in [-0.39, 0.29) is 24.7 Å². The van der Waals surface area contributed by atoms with Crippen LogP contribution in [-0.4, -0.2) is 42.3 Å². The van der Waals surface area contributed by atoms with Crippen LogP contribution in [0.15, 0.2) is 58.1 Å². The maximum atomic E-state index is 13.1. The highest BCUT2D eigenvalue weighted by Gasteiger charge is 2.24. The van der Waals surface area contributed by atoms with Crippen molar-refractivity contribution in [2.24, 2.45) is 0 Å². The molecule has 1 heterocycles. The Morgan fingerprint density at radius 3 is 2.53 bits per heavy atom. The average Bonchev–Trinajstić information content (AvgIpc) is 2.83. The number of anilines is 2. The fraction of sp³-hybridized carbons (Fsp3) is 0.292.